The van der Waals surface area contributed by atoms with Crippen molar-refractivity contribution < 1.29 is 0 Å². The van der Waals surface area contributed by atoms with E-state index in [2.05, 4.69) is 30.1 Å². The molecule has 0 fully saturated rings. The van der Waals surface area contributed by atoms with E-state index in [1.165, 1.54) is 5.56 Å². The van der Waals surface area contributed by atoms with Crippen LogP contribution in [0.15, 0.2) is 54.6 Å². The van der Waals surface area contributed by atoms with Gasteiger partial charge in [0.2, 0.25) is 0 Å². The monoisotopic (exact) mass is 244 g/mol. The molecule has 0 amide bonds. The maximum Gasteiger partial charge on any atom is 0.0439 e. The molecule has 0 aliphatic rings. The second kappa shape index (κ2) is 5.64. The molecule has 3 N–H and O–H groups in total. The average molecular weight is 244 g/mol. The van der Waals surface area contributed by atoms with E-state index in [0.29, 0.717) is 0 Å². The lowest BCUT2D eigenvalue weighted by atomic mass is 10.1. The van der Waals surface area contributed by atoms with Crippen molar-refractivity contribution in [3.05, 3.63) is 60.2 Å². The Kier molecular flexibility index (Phi) is 3.94. The Hall–Kier alpha value is -1.61. The maximum absolute atomic E-state index is 5.63. The fourth-order valence-corrected chi connectivity index (χ4v) is 1.87. The summed E-state index contributed by atoms with van der Waals surface area (Å²) in [5, 5.41) is 3.53. The number of anilines is 2. The number of nitrogens with two attached hydrogens (primary N) is 1. The van der Waals surface area contributed by atoms with Gasteiger partial charge < -0.3 is 11.1 Å². The Morgan fingerprint density at radius 1 is 1.00 bits per heavy atom. The minimum atomic E-state index is 0.189. The second-order valence-corrected chi connectivity index (χ2v) is 4.55. The van der Waals surface area contributed by atoms with Crippen molar-refractivity contribution in [2.75, 3.05) is 17.6 Å². The molecule has 0 saturated carbocycles. The molecule has 0 radical (unpaired) electrons. The highest BCUT2D eigenvalue weighted by atomic mass is 32.1. The van der Waals surface area contributed by atoms with Gasteiger partial charge in [0.1, 0.15) is 0 Å². The van der Waals surface area contributed by atoms with Gasteiger partial charge in [0.15, 0.2) is 0 Å². The summed E-state index contributed by atoms with van der Waals surface area (Å²) in [5.74, 6) is 0. The van der Waals surface area contributed by atoms with E-state index in [1.807, 2.05) is 42.5 Å². The van der Waals surface area contributed by atoms with Crippen LogP contribution in [0.4, 0.5) is 11.4 Å². The van der Waals surface area contributed by atoms with E-state index < -0.39 is 0 Å². The summed E-state index contributed by atoms with van der Waals surface area (Å²) in [6.45, 7) is 0.789. The van der Waals surface area contributed by atoms with Gasteiger partial charge in [-0.2, -0.15) is 12.6 Å². The standard InChI is InChI=1S/C14H16N2S/c15-12-6-8-13(9-7-12)16-10-14(17)11-4-2-1-3-5-11/h1-9,14,16-17H,10,15H2. The normalized spacial score (nSPS) is 12.1. The van der Waals surface area contributed by atoms with E-state index in [9.17, 15) is 0 Å². The Bertz CT molecular complexity index is 453. The molecule has 0 aliphatic heterocycles. The van der Waals surface area contributed by atoms with Gasteiger partial charge >= 0.3 is 0 Å². The summed E-state index contributed by atoms with van der Waals surface area (Å²) >= 11 is 4.58. The van der Waals surface area contributed by atoms with Gasteiger partial charge in [-0.25, -0.2) is 0 Å². The number of benzene rings is 2. The third-order valence-electron chi connectivity index (χ3n) is 2.59. The number of nitrogen functional groups attached to an aromatic ring is 1. The van der Waals surface area contributed by atoms with Crippen LogP contribution in [0.25, 0.3) is 0 Å². The predicted octanol–water partition coefficient (Wildman–Crippen LogP) is 3.35. The molecule has 0 bridgehead atoms. The Balaban J connectivity index is 1.92. The Morgan fingerprint density at radius 3 is 2.29 bits per heavy atom. The molecule has 2 nitrogen and oxygen atoms in total. The number of hydrogen-bond donors (Lipinski definition) is 3. The molecule has 1 unspecified atom stereocenters. The predicted molar refractivity (Wildman–Crippen MR) is 77.5 cm³/mol. The highest BCUT2D eigenvalue weighted by Gasteiger charge is 2.04. The number of thiol groups is 1. The first-order chi connectivity index (χ1) is 8.25. The molecule has 0 spiro atoms. The topological polar surface area (TPSA) is 38.0 Å². The minimum Gasteiger partial charge on any atom is -0.399 e. The minimum absolute atomic E-state index is 0.189. The van der Waals surface area contributed by atoms with Gasteiger partial charge in [-0.1, -0.05) is 30.3 Å². The summed E-state index contributed by atoms with van der Waals surface area (Å²) in [5.41, 5.74) is 8.69. The van der Waals surface area contributed by atoms with Gasteiger partial charge in [-0.3, -0.25) is 0 Å². The lowest BCUT2D eigenvalue weighted by molar-refractivity contribution is 0.998. The zero-order chi connectivity index (χ0) is 12.1. The molecule has 2 aromatic rings. The fraction of sp³-hybridized carbons (Fsp3) is 0.143. The maximum atomic E-state index is 5.63. The van der Waals surface area contributed by atoms with Crippen molar-refractivity contribution in [3.63, 3.8) is 0 Å². The van der Waals surface area contributed by atoms with Crippen LogP contribution in [0.1, 0.15) is 10.8 Å². The van der Waals surface area contributed by atoms with E-state index in [1.54, 1.807) is 0 Å². The van der Waals surface area contributed by atoms with E-state index in [4.69, 9.17) is 5.73 Å². The van der Waals surface area contributed by atoms with Crippen molar-refractivity contribution in [2.24, 2.45) is 0 Å². The van der Waals surface area contributed by atoms with E-state index in [0.717, 1.165) is 17.9 Å². The fourth-order valence-electron chi connectivity index (χ4n) is 1.61. The number of nitrogens with one attached hydrogen (secondary N) is 1. The summed E-state index contributed by atoms with van der Waals surface area (Å²) in [4.78, 5) is 0. The number of rotatable bonds is 4. The average Bonchev–Trinajstić information content (AvgIpc) is 2.39. The molecule has 2 rings (SSSR count). The van der Waals surface area contributed by atoms with E-state index in [-0.39, 0.29) is 5.25 Å². The second-order valence-electron chi connectivity index (χ2n) is 3.93. The van der Waals surface area contributed by atoms with Gasteiger partial charge in [0.05, 0.1) is 0 Å². The van der Waals surface area contributed by atoms with Crippen LogP contribution in [-0.4, -0.2) is 6.54 Å². The molecule has 0 aliphatic carbocycles. The molecule has 0 saturated heterocycles. The van der Waals surface area contributed by atoms with Crippen LogP contribution in [0.5, 0.6) is 0 Å². The third-order valence-corrected chi connectivity index (χ3v) is 3.08. The zero-order valence-corrected chi connectivity index (χ0v) is 10.4. The highest BCUT2D eigenvalue weighted by molar-refractivity contribution is 7.80. The van der Waals surface area contributed by atoms with Gasteiger partial charge in [-0.15, -0.1) is 0 Å². The Morgan fingerprint density at radius 2 is 1.65 bits per heavy atom. The highest BCUT2D eigenvalue weighted by Crippen LogP contribution is 2.20. The van der Waals surface area contributed by atoms with Crippen LogP contribution >= 0.6 is 12.6 Å². The smallest absolute Gasteiger partial charge is 0.0439 e. The van der Waals surface area contributed by atoms with Crippen LogP contribution in [0, 0.1) is 0 Å². The van der Waals surface area contributed by atoms with E-state index >= 15 is 0 Å². The lowest BCUT2D eigenvalue weighted by Gasteiger charge is -2.13. The number of hydrogen-bond acceptors (Lipinski definition) is 3. The van der Waals surface area contributed by atoms with Crippen LogP contribution in [0.2, 0.25) is 0 Å². The first-order valence-electron chi connectivity index (χ1n) is 5.58. The molecule has 1 atom stereocenters. The summed E-state index contributed by atoms with van der Waals surface area (Å²) in [7, 11) is 0. The third kappa shape index (κ3) is 3.43. The molecular weight excluding hydrogens is 228 g/mol. The zero-order valence-electron chi connectivity index (χ0n) is 9.51. The first kappa shape index (κ1) is 11.9. The van der Waals surface area contributed by atoms with Crippen LogP contribution in [0.3, 0.4) is 0 Å². The molecule has 88 valence electrons. The first-order valence-corrected chi connectivity index (χ1v) is 6.10. The lowest BCUT2D eigenvalue weighted by Crippen LogP contribution is -2.07. The molecule has 0 aromatic heterocycles. The van der Waals surface area contributed by atoms with Crippen LogP contribution in [-0.2, 0) is 0 Å². The molecule has 17 heavy (non-hydrogen) atoms. The molecule has 3 heteroatoms. The van der Waals surface area contributed by atoms with Crippen molar-refractivity contribution >= 4 is 24.0 Å². The summed E-state index contributed by atoms with van der Waals surface area (Å²) in [6.07, 6.45) is 0. The molecular formula is C14H16N2S. The van der Waals surface area contributed by atoms with Crippen molar-refractivity contribution in [1.82, 2.24) is 0 Å². The van der Waals surface area contributed by atoms with Gasteiger partial charge in [0, 0.05) is 23.2 Å². The quantitative estimate of drug-likeness (QED) is 0.570. The Labute approximate surface area is 107 Å². The van der Waals surface area contributed by atoms with Crippen molar-refractivity contribution in [1.29, 1.82) is 0 Å². The van der Waals surface area contributed by atoms with Gasteiger partial charge in [-0.05, 0) is 29.8 Å². The largest absolute Gasteiger partial charge is 0.399 e. The van der Waals surface area contributed by atoms with Crippen LogP contribution < -0.4 is 11.1 Å². The van der Waals surface area contributed by atoms with Crippen molar-refractivity contribution in [3.8, 4) is 0 Å². The van der Waals surface area contributed by atoms with Crippen molar-refractivity contribution in [2.45, 2.75) is 5.25 Å². The van der Waals surface area contributed by atoms with Gasteiger partial charge in [0.25, 0.3) is 0 Å². The summed E-state index contributed by atoms with van der Waals surface area (Å²) in [6, 6.07) is 18.0. The summed E-state index contributed by atoms with van der Waals surface area (Å²) < 4.78 is 0. The SMILES string of the molecule is Nc1ccc(NCC(S)c2ccccc2)cc1. The molecule has 2 aromatic carbocycles. The molecule has 0 heterocycles.